The minimum absolute atomic E-state index is 0.149. The van der Waals surface area contributed by atoms with Crippen molar-refractivity contribution >= 4 is 46.3 Å². The van der Waals surface area contributed by atoms with E-state index in [0.717, 1.165) is 16.7 Å². The maximum absolute atomic E-state index is 12.8. The highest BCUT2D eigenvalue weighted by Gasteiger charge is 2.36. The van der Waals surface area contributed by atoms with Gasteiger partial charge in [-0.25, -0.2) is 0 Å². The van der Waals surface area contributed by atoms with Gasteiger partial charge in [-0.1, -0.05) is 29.8 Å². The topological polar surface area (TPSA) is 99.0 Å². The summed E-state index contributed by atoms with van der Waals surface area (Å²) in [5, 5.41) is 11.0. The molecule has 3 rings (SSSR count). The average molecular weight is 449 g/mol. The Morgan fingerprint density at radius 1 is 1.27 bits per heavy atom. The molecule has 8 nitrogen and oxygen atoms in total. The van der Waals surface area contributed by atoms with Gasteiger partial charge in [-0.3, -0.25) is 24.6 Å². The molecule has 1 aliphatic heterocycles. The van der Waals surface area contributed by atoms with Crippen LogP contribution in [0.3, 0.4) is 0 Å². The van der Waals surface area contributed by atoms with Gasteiger partial charge in [-0.15, -0.1) is 0 Å². The molecule has 0 atom stereocenters. The number of hydrogen-bond acceptors (Lipinski definition) is 7. The monoisotopic (exact) mass is 448 g/mol. The van der Waals surface area contributed by atoms with E-state index in [1.807, 2.05) is 6.92 Å². The van der Waals surface area contributed by atoms with E-state index in [1.165, 1.54) is 31.4 Å². The number of benzene rings is 2. The number of carbonyl (C=O) groups is 2. The Morgan fingerprint density at radius 3 is 2.67 bits per heavy atom. The molecule has 1 heterocycles. The van der Waals surface area contributed by atoms with Crippen molar-refractivity contribution in [3.63, 3.8) is 0 Å². The summed E-state index contributed by atoms with van der Waals surface area (Å²) < 4.78 is 10.8. The second-order valence-electron chi connectivity index (χ2n) is 6.12. The minimum atomic E-state index is -0.543. The quantitative estimate of drug-likeness (QED) is 0.337. The van der Waals surface area contributed by atoms with Crippen molar-refractivity contribution in [2.45, 2.75) is 13.5 Å². The van der Waals surface area contributed by atoms with E-state index in [-0.39, 0.29) is 22.7 Å². The first-order chi connectivity index (χ1) is 14.3. The highest BCUT2D eigenvalue weighted by molar-refractivity contribution is 8.18. The van der Waals surface area contributed by atoms with E-state index >= 15 is 0 Å². The number of nitro benzene ring substituents is 1. The van der Waals surface area contributed by atoms with Crippen LogP contribution in [0.4, 0.5) is 10.5 Å². The Hall–Kier alpha value is -3.04. The Morgan fingerprint density at radius 2 is 2.00 bits per heavy atom. The first-order valence-corrected chi connectivity index (χ1v) is 10.0. The van der Waals surface area contributed by atoms with Crippen molar-refractivity contribution in [3.05, 3.63) is 67.6 Å². The summed E-state index contributed by atoms with van der Waals surface area (Å²) in [5.41, 5.74) is 0.682. The van der Waals surface area contributed by atoms with Gasteiger partial charge >= 0.3 is 0 Å². The van der Waals surface area contributed by atoms with Gasteiger partial charge in [0, 0.05) is 11.6 Å². The summed E-state index contributed by atoms with van der Waals surface area (Å²) in [6.07, 6.45) is 1.53. The van der Waals surface area contributed by atoms with Crippen LogP contribution < -0.4 is 9.47 Å². The molecule has 1 aliphatic rings. The van der Waals surface area contributed by atoms with Crippen molar-refractivity contribution < 1.29 is 24.0 Å². The molecule has 2 aromatic rings. The zero-order valence-corrected chi connectivity index (χ0v) is 17.7. The molecule has 2 amide bonds. The lowest BCUT2D eigenvalue weighted by Gasteiger charge is -2.13. The number of nitro groups is 1. The Labute approximate surface area is 181 Å². The summed E-state index contributed by atoms with van der Waals surface area (Å²) in [5.74, 6) is 0.256. The van der Waals surface area contributed by atoms with E-state index in [2.05, 4.69) is 0 Å². The predicted molar refractivity (Wildman–Crippen MR) is 114 cm³/mol. The highest BCUT2D eigenvalue weighted by Crippen LogP contribution is 2.39. The number of halogens is 1. The number of nitrogens with zero attached hydrogens (tertiary/aromatic N) is 2. The van der Waals surface area contributed by atoms with Gasteiger partial charge in [-0.2, -0.15) is 0 Å². The van der Waals surface area contributed by atoms with Crippen LogP contribution in [0.5, 0.6) is 11.5 Å². The first-order valence-electron chi connectivity index (χ1n) is 8.83. The lowest BCUT2D eigenvalue weighted by atomic mass is 10.1. The fraction of sp³-hybridized carbons (Fsp3) is 0.200. The van der Waals surface area contributed by atoms with Crippen molar-refractivity contribution in [3.8, 4) is 11.5 Å². The number of para-hydroxylation sites is 1. The lowest BCUT2D eigenvalue weighted by Crippen LogP contribution is -2.27. The molecule has 1 fully saturated rings. The van der Waals surface area contributed by atoms with E-state index in [0.29, 0.717) is 28.7 Å². The van der Waals surface area contributed by atoms with E-state index < -0.39 is 16.1 Å². The molecule has 0 bridgehead atoms. The standard InChI is InChI=1S/C20H17ClN2O6S/c1-3-29-16-9-12(8-14(21)18(16)28-2)10-17-19(24)22(20(25)30-17)11-13-6-4-5-7-15(13)23(26)27/h4-10H,3,11H2,1-2H3/b17-10-. The molecule has 1 saturated heterocycles. The van der Waals surface area contributed by atoms with Gasteiger partial charge in [0.15, 0.2) is 11.5 Å². The molecule has 0 unspecified atom stereocenters. The van der Waals surface area contributed by atoms with Gasteiger partial charge in [0.1, 0.15) is 0 Å². The van der Waals surface area contributed by atoms with E-state index in [1.54, 1.807) is 18.2 Å². The summed E-state index contributed by atoms with van der Waals surface area (Å²) in [6, 6.07) is 9.25. The van der Waals surface area contributed by atoms with Crippen LogP contribution in [0.2, 0.25) is 5.02 Å². The maximum Gasteiger partial charge on any atom is 0.293 e. The third-order valence-corrected chi connectivity index (χ3v) is 5.41. The van der Waals surface area contributed by atoms with Crippen molar-refractivity contribution in [2.24, 2.45) is 0 Å². The van der Waals surface area contributed by atoms with Crippen LogP contribution in [-0.2, 0) is 11.3 Å². The van der Waals surface area contributed by atoms with Crippen LogP contribution in [0, 0.1) is 10.1 Å². The number of ether oxygens (including phenoxy) is 2. The van der Waals surface area contributed by atoms with Gasteiger partial charge in [0.25, 0.3) is 16.8 Å². The number of imide groups is 1. The molecule has 10 heteroatoms. The molecule has 0 radical (unpaired) electrons. The van der Waals surface area contributed by atoms with Crippen LogP contribution in [0.25, 0.3) is 6.08 Å². The molecule has 156 valence electrons. The van der Waals surface area contributed by atoms with Crippen molar-refractivity contribution in [1.29, 1.82) is 0 Å². The number of thioether (sulfide) groups is 1. The molecule has 0 saturated carbocycles. The summed E-state index contributed by atoms with van der Waals surface area (Å²) in [4.78, 5) is 37.0. The Kier molecular flexibility index (Phi) is 6.63. The van der Waals surface area contributed by atoms with Gasteiger partial charge in [0.05, 0.1) is 35.1 Å². The van der Waals surface area contributed by atoms with Gasteiger partial charge in [-0.05, 0) is 42.5 Å². The fourth-order valence-electron chi connectivity index (χ4n) is 2.91. The molecule has 0 aliphatic carbocycles. The van der Waals surface area contributed by atoms with Crippen molar-refractivity contribution in [2.75, 3.05) is 13.7 Å². The minimum Gasteiger partial charge on any atom is -0.491 e. The second-order valence-corrected chi connectivity index (χ2v) is 7.52. The van der Waals surface area contributed by atoms with E-state index in [9.17, 15) is 19.7 Å². The summed E-state index contributed by atoms with van der Waals surface area (Å²) >= 11 is 7.00. The third kappa shape index (κ3) is 4.42. The number of amides is 2. The zero-order valence-electron chi connectivity index (χ0n) is 16.1. The predicted octanol–water partition coefficient (Wildman–Crippen LogP) is 4.89. The largest absolute Gasteiger partial charge is 0.491 e. The Bertz CT molecular complexity index is 1060. The number of carbonyl (C=O) groups excluding carboxylic acids is 2. The molecular weight excluding hydrogens is 432 g/mol. The molecule has 2 aromatic carbocycles. The molecule has 30 heavy (non-hydrogen) atoms. The molecule has 0 aromatic heterocycles. The van der Waals surface area contributed by atoms with Crippen molar-refractivity contribution in [1.82, 2.24) is 4.90 Å². The van der Waals surface area contributed by atoms with E-state index in [4.69, 9.17) is 21.1 Å². The maximum atomic E-state index is 12.8. The normalized spacial score (nSPS) is 15.0. The highest BCUT2D eigenvalue weighted by atomic mass is 35.5. The van der Waals surface area contributed by atoms with Crippen LogP contribution >= 0.6 is 23.4 Å². The smallest absolute Gasteiger partial charge is 0.293 e. The number of methoxy groups -OCH3 is 1. The van der Waals surface area contributed by atoms with Crippen LogP contribution in [0.15, 0.2) is 41.3 Å². The molecular formula is C20H17ClN2O6S. The number of hydrogen-bond donors (Lipinski definition) is 0. The average Bonchev–Trinajstić information content (AvgIpc) is 2.96. The van der Waals surface area contributed by atoms with Gasteiger partial charge < -0.3 is 9.47 Å². The Balaban J connectivity index is 1.90. The zero-order chi connectivity index (χ0) is 21.8. The van der Waals surface area contributed by atoms with Crippen LogP contribution in [0.1, 0.15) is 18.1 Å². The first kappa shape index (κ1) is 21.7. The number of rotatable bonds is 7. The second kappa shape index (κ2) is 9.19. The summed E-state index contributed by atoms with van der Waals surface area (Å²) in [6.45, 7) is 2.02. The van der Waals surface area contributed by atoms with Crippen LogP contribution in [-0.4, -0.2) is 34.7 Å². The summed E-state index contributed by atoms with van der Waals surface area (Å²) in [7, 11) is 1.47. The van der Waals surface area contributed by atoms with Gasteiger partial charge in [0.2, 0.25) is 0 Å². The third-order valence-electron chi connectivity index (χ3n) is 4.22. The molecule has 0 spiro atoms. The fourth-order valence-corrected chi connectivity index (χ4v) is 4.05. The SMILES string of the molecule is CCOc1cc(/C=C2\SC(=O)N(Cc3ccccc3[N+](=O)[O-])C2=O)cc(Cl)c1OC. The lowest BCUT2D eigenvalue weighted by molar-refractivity contribution is -0.385. The molecule has 0 N–H and O–H groups in total.